The SMILES string of the molecule is C[C@H]1CO[C@@H](c2cccc(Cl)c2)CN1C(=O)Cc1ccncc1. The van der Waals surface area contributed by atoms with Crippen molar-refractivity contribution in [2.24, 2.45) is 0 Å². The number of carbonyl (C=O) groups is 1. The number of hydrogen-bond donors (Lipinski definition) is 0. The van der Waals surface area contributed by atoms with Gasteiger partial charge in [-0.15, -0.1) is 0 Å². The van der Waals surface area contributed by atoms with Gasteiger partial charge in [0.25, 0.3) is 0 Å². The minimum atomic E-state index is -0.133. The van der Waals surface area contributed by atoms with Crippen LogP contribution in [0, 0.1) is 0 Å². The van der Waals surface area contributed by atoms with E-state index in [9.17, 15) is 4.79 Å². The minimum absolute atomic E-state index is 0.0692. The normalized spacial score (nSPS) is 21.2. The van der Waals surface area contributed by atoms with Crippen molar-refractivity contribution in [1.82, 2.24) is 9.88 Å². The van der Waals surface area contributed by atoms with Gasteiger partial charge in [0.15, 0.2) is 0 Å². The molecule has 1 amide bonds. The van der Waals surface area contributed by atoms with Crippen LogP contribution >= 0.6 is 11.6 Å². The van der Waals surface area contributed by atoms with Gasteiger partial charge in [0, 0.05) is 17.4 Å². The zero-order valence-corrected chi connectivity index (χ0v) is 13.7. The molecule has 0 spiro atoms. The Kier molecular flexibility index (Phi) is 4.94. The second kappa shape index (κ2) is 7.11. The van der Waals surface area contributed by atoms with Gasteiger partial charge in [0.2, 0.25) is 5.91 Å². The number of aromatic nitrogens is 1. The van der Waals surface area contributed by atoms with Crippen molar-refractivity contribution >= 4 is 17.5 Å². The fraction of sp³-hybridized carbons (Fsp3) is 0.333. The van der Waals surface area contributed by atoms with E-state index in [4.69, 9.17) is 16.3 Å². The number of amides is 1. The Morgan fingerprint density at radius 3 is 2.87 bits per heavy atom. The molecule has 1 fully saturated rings. The van der Waals surface area contributed by atoms with Crippen molar-refractivity contribution in [2.75, 3.05) is 13.2 Å². The van der Waals surface area contributed by atoms with E-state index in [-0.39, 0.29) is 18.1 Å². The van der Waals surface area contributed by atoms with Gasteiger partial charge < -0.3 is 9.64 Å². The molecule has 23 heavy (non-hydrogen) atoms. The first kappa shape index (κ1) is 16.0. The molecule has 1 aliphatic heterocycles. The molecule has 1 aromatic carbocycles. The molecule has 0 aliphatic carbocycles. The smallest absolute Gasteiger partial charge is 0.227 e. The molecule has 1 aliphatic rings. The summed E-state index contributed by atoms with van der Waals surface area (Å²) in [6.07, 6.45) is 3.67. The summed E-state index contributed by atoms with van der Waals surface area (Å²) in [5.41, 5.74) is 1.98. The highest BCUT2D eigenvalue weighted by Crippen LogP contribution is 2.27. The molecule has 0 saturated carbocycles. The largest absolute Gasteiger partial charge is 0.370 e. The quantitative estimate of drug-likeness (QED) is 0.867. The molecule has 1 aromatic heterocycles. The van der Waals surface area contributed by atoms with Crippen LogP contribution in [0.1, 0.15) is 24.2 Å². The zero-order valence-electron chi connectivity index (χ0n) is 13.0. The standard InChI is InChI=1S/C18H19ClN2O2/c1-13-12-23-17(15-3-2-4-16(19)10-15)11-21(13)18(22)9-14-5-7-20-8-6-14/h2-8,10,13,17H,9,11-12H2,1H3/t13-,17+/m0/s1. The Hall–Kier alpha value is -1.91. The van der Waals surface area contributed by atoms with Gasteiger partial charge in [-0.05, 0) is 42.3 Å². The minimum Gasteiger partial charge on any atom is -0.370 e. The van der Waals surface area contributed by atoms with Crippen LogP contribution in [0.3, 0.4) is 0 Å². The van der Waals surface area contributed by atoms with Crippen molar-refractivity contribution in [3.63, 3.8) is 0 Å². The van der Waals surface area contributed by atoms with E-state index in [0.717, 1.165) is 11.1 Å². The van der Waals surface area contributed by atoms with Crippen LogP contribution in [0.4, 0.5) is 0 Å². The summed E-state index contributed by atoms with van der Waals surface area (Å²) in [6, 6.07) is 11.4. The van der Waals surface area contributed by atoms with Gasteiger partial charge in [-0.1, -0.05) is 23.7 Å². The van der Waals surface area contributed by atoms with Crippen LogP contribution < -0.4 is 0 Å². The lowest BCUT2D eigenvalue weighted by Gasteiger charge is -2.38. The molecular weight excluding hydrogens is 312 g/mol. The summed E-state index contributed by atoms with van der Waals surface area (Å²) in [7, 11) is 0. The van der Waals surface area contributed by atoms with Crippen molar-refractivity contribution in [3.8, 4) is 0 Å². The zero-order chi connectivity index (χ0) is 16.2. The number of carbonyl (C=O) groups excluding carboxylic acids is 1. The Morgan fingerprint density at radius 1 is 1.35 bits per heavy atom. The van der Waals surface area contributed by atoms with E-state index in [2.05, 4.69) is 4.98 Å². The maximum absolute atomic E-state index is 12.6. The first-order valence-corrected chi connectivity index (χ1v) is 8.06. The molecule has 0 N–H and O–H groups in total. The third-order valence-electron chi connectivity index (χ3n) is 4.08. The second-order valence-corrected chi connectivity index (χ2v) is 6.24. The van der Waals surface area contributed by atoms with Gasteiger partial charge in [0.1, 0.15) is 6.10 Å². The topological polar surface area (TPSA) is 42.4 Å². The number of benzene rings is 1. The Labute approximate surface area is 141 Å². The van der Waals surface area contributed by atoms with Crippen molar-refractivity contribution in [3.05, 3.63) is 64.9 Å². The summed E-state index contributed by atoms with van der Waals surface area (Å²) in [6.45, 7) is 3.09. The number of ether oxygens (including phenoxy) is 1. The third-order valence-corrected chi connectivity index (χ3v) is 4.31. The van der Waals surface area contributed by atoms with Gasteiger partial charge >= 0.3 is 0 Å². The van der Waals surface area contributed by atoms with Gasteiger partial charge in [-0.3, -0.25) is 9.78 Å². The molecule has 2 aromatic rings. The molecule has 4 nitrogen and oxygen atoms in total. The first-order valence-electron chi connectivity index (χ1n) is 7.69. The lowest BCUT2D eigenvalue weighted by molar-refractivity contribution is -0.143. The van der Waals surface area contributed by atoms with Crippen LogP contribution in [-0.2, 0) is 16.0 Å². The van der Waals surface area contributed by atoms with Crippen molar-refractivity contribution < 1.29 is 9.53 Å². The van der Waals surface area contributed by atoms with Crippen LogP contribution in [0.2, 0.25) is 5.02 Å². The maximum Gasteiger partial charge on any atom is 0.227 e. The summed E-state index contributed by atoms with van der Waals surface area (Å²) < 4.78 is 5.90. The lowest BCUT2D eigenvalue weighted by atomic mass is 10.0. The molecule has 0 bridgehead atoms. The Bertz CT molecular complexity index is 678. The van der Waals surface area contributed by atoms with E-state index < -0.39 is 0 Å². The highest BCUT2D eigenvalue weighted by atomic mass is 35.5. The number of pyridine rings is 1. The molecule has 3 rings (SSSR count). The van der Waals surface area contributed by atoms with Gasteiger partial charge in [-0.25, -0.2) is 0 Å². The van der Waals surface area contributed by atoms with Crippen LogP contribution in [0.5, 0.6) is 0 Å². The summed E-state index contributed by atoms with van der Waals surface area (Å²) in [4.78, 5) is 18.5. The number of hydrogen-bond acceptors (Lipinski definition) is 3. The fourth-order valence-corrected chi connectivity index (χ4v) is 2.99. The van der Waals surface area contributed by atoms with E-state index in [1.807, 2.05) is 48.2 Å². The summed E-state index contributed by atoms with van der Waals surface area (Å²) in [5.74, 6) is 0.110. The summed E-state index contributed by atoms with van der Waals surface area (Å²) in [5, 5.41) is 0.680. The molecule has 0 radical (unpaired) electrons. The van der Waals surface area contributed by atoms with E-state index in [0.29, 0.717) is 24.6 Å². The molecular formula is C18H19ClN2O2. The fourth-order valence-electron chi connectivity index (χ4n) is 2.79. The van der Waals surface area contributed by atoms with E-state index in [1.54, 1.807) is 12.4 Å². The highest BCUT2D eigenvalue weighted by Gasteiger charge is 2.30. The Morgan fingerprint density at radius 2 is 2.13 bits per heavy atom. The first-order chi connectivity index (χ1) is 11.1. The van der Waals surface area contributed by atoms with Crippen molar-refractivity contribution in [1.29, 1.82) is 0 Å². The highest BCUT2D eigenvalue weighted by molar-refractivity contribution is 6.30. The molecule has 120 valence electrons. The average Bonchev–Trinajstić information content (AvgIpc) is 2.56. The van der Waals surface area contributed by atoms with Crippen LogP contribution in [-0.4, -0.2) is 35.0 Å². The van der Waals surface area contributed by atoms with E-state index >= 15 is 0 Å². The molecule has 2 atom stereocenters. The van der Waals surface area contributed by atoms with Crippen LogP contribution in [0.25, 0.3) is 0 Å². The lowest BCUT2D eigenvalue weighted by Crippen LogP contribution is -2.48. The summed E-state index contributed by atoms with van der Waals surface area (Å²) >= 11 is 6.06. The van der Waals surface area contributed by atoms with Gasteiger partial charge in [-0.2, -0.15) is 0 Å². The number of rotatable bonds is 3. The molecule has 0 unspecified atom stereocenters. The van der Waals surface area contributed by atoms with Crippen LogP contribution in [0.15, 0.2) is 48.8 Å². The predicted molar refractivity (Wildman–Crippen MR) is 89.3 cm³/mol. The monoisotopic (exact) mass is 330 g/mol. The average molecular weight is 331 g/mol. The third kappa shape index (κ3) is 3.89. The Balaban J connectivity index is 1.72. The maximum atomic E-state index is 12.6. The second-order valence-electron chi connectivity index (χ2n) is 5.80. The van der Waals surface area contributed by atoms with E-state index in [1.165, 1.54) is 0 Å². The molecule has 1 saturated heterocycles. The van der Waals surface area contributed by atoms with Gasteiger partial charge in [0.05, 0.1) is 25.6 Å². The number of morpholine rings is 1. The van der Waals surface area contributed by atoms with Crippen molar-refractivity contribution in [2.45, 2.75) is 25.5 Å². The predicted octanol–water partition coefficient (Wildman–Crippen LogP) is 3.27. The number of nitrogens with zero attached hydrogens (tertiary/aromatic N) is 2. The molecule has 2 heterocycles. The molecule has 5 heteroatoms. The number of halogens is 1.